The van der Waals surface area contributed by atoms with Gasteiger partial charge in [0.15, 0.2) is 0 Å². The summed E-state index contributed by atoms with van der Waals surface area (Å²) < 4.78 is 5.66. The SMILES string of the molecule is OC1c2ccccc2CCC1CCCC1CCCO1. The molecule has 0 saturated carbocycles. The Morgan fingerprint density at radius 3 is 2.89 bits per heavy atom. The van der Waals surface area contributed by atoms with Crippen molar-refractivity contribution in [1.29, 1.82) is 0 Å². The molecule has 1 aromatic rings. The topological polar surface area (TPSA) is 29.5 Å². The highest BCUT2D eigenvalue weighted by atomic mass is 16.5. The van der Waals surface area contributed by atoms with Gasteiger partial charge in [-0.25, -0.2) is 0 Å². The van der Waals surface area contributed by atoms with Gasteiger partial charge in [-0.2, -0.15) is 0 Å². The van der Waals surface area contributed by atoms with Crippen LogP contribution in [0.1, 0.15) is 55.8 Å². The summed E-state index contributed by atoms with van der Waals surface area (Å²) >= 11 is 0. The standard InChI is InChI=1S/C17H24O2/c18-17-14(6-3-7-15-8-4-12-19-15)11-10-13-5-1-2-9-16(13)17/h1-2,5,9,14-15,17-18H,3-4,6-8,10-12H2. The second-order valence-corrected chi connectivity index (χ2v) is 6.01. The molecule has 0 spiro atoms. The van der Waals surface area contributed by atoms with Gasteiger partial charge >= 0.3 is 0 Å². The number of hydrogen-bond acceptors (Lipinski definition) is 2. The van der Waals surface area contributed by atoms with Gasteiger partial charge in [-0.1, -0.05) is 30.7 Å². The van der Waals surface area contributed by atoms with Crippen LogP contribution in [-0.2, 0) is 11.2 Å². The fourth-order valence-electron chi connectivity index (χ4n) is 3.59. The lowest BCUT2D eigenvalue weighted by Crippen LogP contribution is -2.20. The molecule has 0 amide bonds. The number of aliphatic hydroxyl groups is 1. The Hall–Kier alpha value is -0.860. The average molecular weight is 260 g/mol. The minimum Gasteiger partial charge on any atom is -0.388 e. The van der Waals surface area contributed by atoms with E-state index >= 15 is 0 Å². The quantitative estimate of drug-likeness (QED) is 0.895. The zero-order chi connectivity index (χ0) is 13.1. The number of aryl methyl sites for hydroxylation is 1. The van der Waals surface area contributed by atoms with Gasteiger partial charge in [-0.05, 0) is 55.6 Å². The number of hydrogen-bond donors (Lipinski definition) is 1. The Morgan fingerprint density at radius 1 is 1.16 bits per heavy atom. The maximum absolute atomic E-state index is 10.5. The number of aliphatic hydroxyl groups excluding tert-OH is 1. The summed E-state index contributed by atoms with van der Waals surface area (Å²) in [7, 11) is 0. The van der Waals surface area contributed by atoms with Crippen LogP contribution in [0, 0.1) is 5.92 Å². The van der Waals surface area contributed by atoms with Crippen molar-refractivity contribution in [2.24, 2.45) is 5.92 Å². The molecule has 3 unspecified atom stereocenters. The van der Waals surface area contributed by atoms with E-state index in [0.29, 0.717) is 12.0 Å². The van der Waals surface area contributed by atoms with Gasteiger partial charge in [0.2, 0.25) is 0 Å². The highest BCUT2D eigenvalue weighted by Crippen LogP contribution is 2.37. The molecule has 1 aliphatic carbocycles. The second kappa shape index (κ2) is 6.06. The molecule has 1 saturated heterocycles. The van der Waals surface area contributed by atoms with Crippen molar-refractivity contribution in [3.8, 4) is 0 Å². The van der Waals surface area contributed by atoms with E-state index in [1.54, 1.807) is 0 Å². The molecule has 1 fully saturated rings. The predicted octanol–water partition coefficient (Wildman–Crippen LogP) is 3.63. The number of ether oxygens (including phenoxy) is 1. The Morgan fingerprint density at radius 2 is 2.05 bits per heavy atom. The minimum absolute atomic E-state index is 0.255. The lowest BCUT2D eigenvalue weighted by Gasteiger charge is -2.30. The zero-order valence-corrected chi connectivity index (χ0v) is 11.6. The van der Waals surface area contributed by atoms with Crippen LogP contribution in [-0.4, -0.2) is 17.8 Å². The molecule has 2 nitrogen and oxygen atoms in total. The van der Waals surface area contributed by atoms with Crippen molar-refractivity contribution < 1.29 is 9.84 Å². The Balaban J connectivity index is 1.52. The minimum atomic E-state index is -0.255. The van der Waals surface area contributed by atoms with Crippen LogP contribution in [0.4, 0.5) is 0 Å². The summed E-state index contributed by atoms with van der Waals surface area (Å²) in [6.07, 6.45) is 8.44. The lowest BCUT2D eigenvalue weighted by molar-refractivity contribution is 0.0752. The van der Waals surface area contributed by atoms with Gasteiger partial charge in [0.1, 0.15) is 0 Å². The van der Waals surface area contributed by atoms with Crippen molar-refractivity contribution in [1.82, 2.24) is 0 Å². The first-order valence-electron chi connectivity index (χ1n) is 7.72. The van der Waals surface area contributed by atoms with E-state index in [2.05, 4.69) is 18.2 Å². The van der Waals surface area contributed by atoms with Gasteiger partial charge in [-0.15, -0.1) is 0 Å². The molecule has 3 rings (SSSR count). The maximum Gasteiger partial charge on any atom is 0.0820 e. The normalized spacial score (nSPS) is 30.3. The molecule has 2 aliphatic rings. The van der Waals surface area contributed by atoms with Crippen LogP contribution in [0.25, 0.3) is 0 Å². The van der Waals surface area contributed by atoms with Gasteiger partial charge in [-0.3, -0.25) is 0 Å². The average Bonchev–Trinajstić information content (AvgIpc) is 2.95. The molecule has 0 aromatic heterocycles. The molecule has 1 heterocycles. The van der Waals surface area contributed by atoms with Gasteiger partial charge < -0.3 is 9.84 Å². The molecule has 0 radical (unpaired) electrons. The fourth-order valence-corrected chi connectivity index (χ4v) is 3.59. The van der Waals surface area contributed by atoms with Crippen LogP contribution < -0.4 is 0 Å². The monoisotopic (exact) mass is 260 g/mol. The molecule has 1 aromatic carbocycles. The van der Waals surface area contributed by atoms with Crippen molar-refractivity contribution in [3.63, 3.8) is 0 Å². The zero-order valence-electron chi connectivity index (χ0n) is 11.6. The number of benzene rings is 1. The Labute approximate surface area is 115 Å². The Bertz CT molecular complexity index is 409. The predicted molar refractivity (Wildman–Crippen MR) is 76.0 cm³/mol. The van der Waals surface area contributed by atoms with Crippen molar-refractivity contribution in [3.05, 3.63) is 35.4 Å². The maximum atomic E-state index is 10.5. The highest BCUT2D eigenvalue weighted by Gasteiger charge is 2.27. The second-order valence-electron chi connectivity index (χ2n) is 6.01. The van der Waals surface area contributed by atoms with E-state index in [9.17, 15) is 5.11 Å². The van der Waals surface area contributed by atoms with Crippen LogP contribution >= 0.6 is 0 Å². The van der Waals surface area contributed by atoms with Crippen molar-refractivity contribution in [2.45, 2.75) is 57.2 Å². The van der Waals surface area contributed by atoms with Crippen LogP contribution in [0.15, 0.2) is 24.3 Å². The molecule has 104 valence electrons. The molecule has 19 heavy (non-hydrogen) atoms. The third-order valence-electron chi connectivity index (χ3n) is 4.73. The van der Waals surface area contributed by atoms with Crippen molar-refractivity contribution in [2.75, 3.05) is 6.61 Å². The van der Waals surface area contributed by atoms with Gasteiger partial charge in [0.25, 0.3) is 0 Å². The summed E-state index contributed by atoms with van der Waals surface area (Å²) in [5, 5.41) is 10.5. The largest absolute Gasteiger partial charge is 0.388 e. The first-order valence-corrected chi connectivity index (χ1v) is 7.72. The van der Waals surface area contributed by atoms with Crippen LogP contribution in [0.3, 0.4) is 0 Å². The van der Waals surface area contributed by atoms with E-state index in [4.69, 9.17) is 4.74 Å². The molecule has 1 aliphatic heterocycles. The number of fused-ring (bicyclic) bond motifs is 1. The Kier molecular flexibility index (Phi) is 4.19. The molecular weight excluding hydrogens is 236 g/mol. The molecule has 1 N–H and O–H groups in total. The summed E-state index contributed by atoms with van der Waals surface area (Å²) in [5.74, 6) is 0.441. The van der Waals surface area contributed by atoms with E-state index in [0.717, 1.165) is 31.4 Å². The summed E-state index contributed by atoms with van der Waals surface area (Å²) in [6.45, 7) is 0.949. The first-order chi connectivity index (χ1) is 9.34. The molecule has 3 atom stereocenters. The van der Waals surface area contributed by atoms with Crippen LogP contribution in [0.5, 0.6) is 0 Å². The summed E-state index contributed by atoms with van der Waals surface area (Å²) in [4.78, 5) is 0. The molecule has 2 heteroatoms. The van der Waals surface area contributed by atoms with Crippen LogP contribution in [0.2, 0.25) is 0 Å². The highest BCUT2D eigenvalue weighted by molar-refractivity contribution is 5.31. The van der Waals surface area contributed by atoms with Crippen molar-refractivity contribution >= 4 is 0 Å². The third-order valence-corrected chi connectivity index (χ3v) is 4.73. The number of rotatable bonds is 4. The summed E-state index contributed by atoms with van der Waals surface area (Å²) in [5.41, 5.74) is 2.50. The summed E-state index contributed by atoms with van der Waals surface area (Å²) in [6, 6.07) is 8.35. The molecule has 0 bridgehead atoms. The lowest BCUT2D eigenvalue weighted by atomic mass is 9.79. The first kappa shape index (κ1) is 13.1. The van der Waals surface area contributed by atoms with E-state index < -0.39 is 0 Å². The fraction of sp³-hybridized carbons (Fsp3) is 0.647. The van der Waals surface area contributed by atoms with Gasteiger partial charge in [0, 0.05) is 6.61 Å². The van der Waals surface area contributed by atoms with E-state index in [1.165, 1.54) is 31.2 Å². The third kappa shape index (κ3) is 3.01. The van der Waals surface area contributed by atoms with Gasteiger partial charge in [0.05, 0.1) is 12.2 Å². The van der Waals surface area contributed by atoms with E-state index in [-0.39, 0.29) is 6.10 Å². The smallest absolute Gasteiger partial charge is 0.0820 e. The van der Waals surface area contributed by atoms with E-state index in [1.807, 2.05) is 6.07 Å². The molecular formula is C17H24O2.